The second kappa shape index (κ2) is 5.68. The number of nitriles is 1. The van der Waals surface area contributed by atoms with Crippen LogP contribution in [-0.4, -0.2) is 6.04 Å². The molecule has 0 spiro atoms. The maximum atomic E-state index is 8.91. The minimum Gasteiger partial charge on any atom is -0.382 e. The molecule has 1 N–H and O–H groups in total. The van der Waals surface area contributed by atoms with Crippen LogP contribution >= 0.6 is 15.9 Å². The summed E-state index contributed by atoms with van der Waals surface area (Å²) in [6, 6.07) is 18.8. The van der Waals surface area contributed by atoms with E-state index < -0.39 is 0 Å². The Kier molecular flexibility index (Phi) is 3.75. The average molecular weight is 327 g/mol. The molecule has 1 aliphatic carbocycles. The Morgan fingerprint density at radius 3 is 2.65 bits per heavy atom. The van der Waals surface area contributed by atoms with E-state index in [1.165, 1.54) is 10.0 Å². The first-order valence-corrected chi connectivity index (χ1v) is 7.56. The number of hydrogen-bond acceptors (Lipinski definition) is 2. The maximum absolute atomic E-state index is 8.91. The highest BCUT2D eigenvalue weighted by atomic mass is 79.9. The van der Waals surface area contributed by atoms with Gasteiger partial charge in [0.25, 0.3) is 0 Å². The first kappa shape index (κ1) is 13.2. The largest absolute Gasteiger partial charge is 0.382 e. The van der Waals surface area contributed by atoms with E-state index in [0.29, 0.717) is 17.5 Å². The molecule has 3 rings (SSSR count). The van der Waals surface area contributed by atoms with Gasteiger partial charge in [0.2, 0.25) is 0 Å². The molecule has 0 aliphatic heterocycles. The van der Waals surface area contributed by atoms with Crippen molar-refractivity contribution < 1.29 is 0 Å². The van der Waals surface area contributed by atoms with Crippen molar-refractivity contribution >= 4 is 21.6 Å². The fourth-order valence-electron chi connectivity index (χ4n) is 2.71. The van der Waals surface area contributed by atoms with E-state index in [4.69, 9.17) is 5.26 Å². The van der Waals surface area contributed by atoms with Crippen LogP contribution in [0.25, 0.3) is 0 Å². The molecule has 0 amide bonds. The van der Waals surface area contributed by atoms with Crippen LogP contribution in [0.15, 0.2) is 53.0 Å². The molecule has 3 heteroatoms. The van der Waals surface area contributed by atoms with Crippen molar-refractivity contribution in [1.82, 2.24) is 0 Å². The van der Waals surface area contributed by atoms with Gasteiger partial charge in [0, 0.05) is 16.2 Å². The summed E-state index contributed by atoms with van der Waals surface area (Å²) in [4.78, 5) is 0. The molecule has 2 aromatic rings. The van der Waals surface area contributed by atoms with E-state index in [0.717, 1.165) is 18.5 Å². The van der Waals surface area contributed by atoms with Crippen molar-refractivity contribution in [3.05, 3.63) is 64.1 Å². The molecule has 1 aliphatic rings. The molecule has 0 atom stereocenters. The van der Waals surface area contributed by atoms with Gasteiger partial charge in [-0.15, -0.1) is 0 Å². The van der Waals surface area contributed by atoms with E-state index in [-0.39, 0.29) is 0 Å². The number of nitrogens with zero attached hydrogens (tertiary/aromatic N) is 1. The lowest BCUT2D eigenvalue weighted by Crippen LogP contribution is -2.34. The van der Waals surface area contributed by atoms with Crippen LogP contribution in [0.5, 0.6) is 0 Å². The van der Waals surface area contributed by atoms with Crippen LogP contribution in [0.4, 0.5) is 5.69 Å². The third kappa shape index (κ3) is 2.71. The lowest BCUT2D eigenvalue weighted by atomic mass is 9.76. The quantitative estimate of drug-likeness (QED) is 0.888. The highest BCUT2D eigenvalue weighted by Crippen LogP contribution is 2.41. The van der Waals surface area contributed by atoms with Crippen molar-refractivity contribution in [1.29, 1.82) is 5.26 Å². The second-order valence-electron chi connectivity index (χ2n) is 5.22. The Morgan fingerprint density at radius 2 is 1.90 bits per heavy atom. The molecule has 20 heavy (non-hydrogen) atoms. The lowest BCUT2D eigenvalue weighted by molar-refractivity contribution is 0.373. The van der Waals surface area contributed by atoms with E-state index in [1.54, 1.807) is 0 Å². The number of hydrogen-bond donors (Lipinski definition) is 1. The predicted octanol–water partition coefficient (Wildman–Crippen LogP) is 4.68. The van der Waals surface area contributed by atoms with Gasteiger partial charge < -0.3 is 5.32 Å². The van der Waals surface area contributed by atoms with Crippen molar-refractivity contribution in [3.63, 3.8) is 0 Å². The lowest BCUT2D eigenvalue weighted by Gasteiger charge is -2.37. The Balaban J connectivity index is 1.61. The third-order valence-electron chi connectivity index (χ3n) is 3.85. The summed E-state index contributed by atoms with van der Waals surface area (Å²) in [5, 5.41) is 12.4. The summed E-state index contributed by atoms with van der Waals surface area (Å²) in [7, 11) is 0. The summed E-state index contributed by atoms with van der Waals surface area (Å²) in [5.74, 6) is 0.627. The summed E-state index contributed by atoms with van der Waals surface area (Å²) >= 11 is 3.62. The van der Waals surface area contributed by atoms with Gasteiger partial charge in [0.05, 0.1) is 11.6 Å². The van der Waals surface area contributed by atoms with Crippen LogP contribution < -0.4 is 5.32 Å². The molecular formula is C17H15BrN2. The molecule has 0 saturated heterocycles. The van der Waals surface area contributed by atoms with Gasteiger partial charge in [-0.3, -0.25) is 0 Å². The maximum Gasteiger partial charge on any atom is 0.0992 e. The van der Waals surface area contributed by atoms with Gasteiger partial charge in [0.15, 0.2) is 0 Å². The molecule has 100 valence electrons. The van der Waals surface area contributed by atoms with Crippen molar-refractivity contribution in [2.75, 3.05) is 5.32 Å². The van der Waals surface area contributed by atoms with Crippen LogP contribution in [0.1, 0.15) is 29.9 Å². The average Bonchev–Trinajstić information content (AvgIpc) is 2.44. The Bertz CT molecular complexity index is 654. The van der Waals surface area contributed by atoms with E-state index in [2.05, 4.69) is 51.6 Å². The Morgan fingerprint density at radius 1 is 1.10 bits per heavy atom. The summed E-state index contributed by atoms with van der Waals surface area (Å²) in [6.45, 7) is 0. The smallest absolute Gasteiger partial charge is 0.0992 e. The fraction of sp³-hybridized carbons (Fsp3) is 0.235. The SMILES string of the molecule is N#Cc1cccc(NC2CC(c3ccccc3Br)C2)c1. The summed E-state index contributed by atoms with van der Waals surface area (Å²) < 4.78 is 1.20. The summed E-state index contributed by atoms with van der Waals surface area (Å²) in [6.07, 6.45) is 2.28. The van der Waals surface area contributed by atoms with Crippen LogP contribution in [-0.2, 0) is 0 Å². The minimum atomic E-state index is 0.501. The van der Waals surface area contributed by atoms with Crippen molar-refractivity contribution in [2.45, 2.75) is 24.8 Å². The molecular weight excluding hydrogens is 312 g/mol. The second-order valence-corrected chi connectivity index (χ2v) is 6.08. The first-order valence-electron chi connectivity index (χ1n) is 6.77. The van der Waals surface area contributed by atoms with Crippen molar-refractivity contribution in [2.24, 2.45) is 0 Å². The number of rotatable bonds is 3. The number of anilines is 1. The Labute approximate surface area is 127 Å². The highest BCUT2D eigenvalue weighted by molar-refractivity contribution is 9.10. The van der Waals surface area contributed by atoms with Gasteiger partial charge in [-0.25, -0.2) is 0 Å². The zero-order valence-electron chi connectivity index (χ0n) is 11.0. The topological polar surface area (TPSA) is 35.8 Å². The predicted molar refractivity (Wildman–Crippen MR) is 84.7 cm³/mol. The zero-order chi connectivity index (χ0) is 13.9. The van der Waals surface area contributed by atoms with Gasteiger partial charge in [-0.1, -0.05) is 40.2 Å². The highest BCUT2D eigenvalue weighted by Gasteiger charge is 2.31. The molecule has 0 unspecified atom stereocenters. The van der Waals surface area contributed by atoms with Gasteiger partial charge in [0.1, 0.15) is 0 Å². The Hall–Kier alpha value is -1.79. The van der Waals surface area contributed by atoms with Crippen LogP contribution in [0.2, 0.25) is 0 Å². The molecule has 2 nitrogen and oxygen atoms in total. The monoisotopic (exact) mass is 326 g/mol. The fourth-order valence-corrected chi connectivity index (χ4v) is 3.32. The molecule has 0 aromatic heterocycles. The number of benzene rings is 2. The molecule has 1 saturated carbocycles. The summed E-state index contributed by atoms with van der Waals surface area (Å²) in [5.41, 5.74) is 3.15. The molecule has 0 radical (unpaired) electrons. The van der Waals surface area contributed by atoms with E-state index in [1.807, 2.05) is 24.3 Å². The minimum absolute atomic E-state index is 0.501. The van der Waals surface area contributed by atoms with Gasteiger partial charge in [-0.2, -0.15) is 5.26 Å². The standard InChI is InChI=1S/C17H15BrN2/c18-17-7-2-1-6-16(17)13-9-15(10-13)20-14-5-3-4-12(8-14)11-19/h1-8,13,15,20H,9-10H2. The molecule has 2 aromatic carbocycles. The van der Waals surface area contributed by atoms with E-state index in [9.17, 15) is 0 Å². The number of halogens is 1. The third-order valence-corrected chi connectivity index (χ3v) is 4.57. The van der Waals surface area contributed by atoms with Gasteiger partial charge >= 0.3 is 0 Å². The van der Waals surface area contributed by atoms with Crippen LogP contribution in [0, 0.1) is 11.3 Å². The number of nitrogens with one attached hydrogen (secondary N) is 1. The van der Waals surface area contributed by atoms with Gasteiger partial charge in [-0.05, 0) is 48.6 Å². The van der Waals surface area contributed by atoms with E-state index >= 15 is 0 Å². The van der Waals surface area contributed by atoms with Crippen molar-refractivity contribution in [3.8, 4) is 6.07 Å². The zero-order valence-corrected chi connectivity index (χ0v) is 12.6. The first-order chi connectivity index (χ1) is 9.76. The molecule has 1 fully saturated rings. The molecule has 0 heterocycles. The normalized spacial score (nSPS) is 20.8. The molecule has 0 bridgehead atoms. The van der Waals surface area contributed by atoms with Crippen LogP contribution in [0.3, 0.4) is 0 Å².